The van der Waals surface area contributed by atoms with Crippen LogP contribution in [0, 0.1) is 11.6 Å². The van der Waals surface area contributed by atoms with Gasteiger partial charge in [-0.3, -0.25) is 10.1 Å². The minimum atomic E-state index is -0.866. The number of nitrogens with one attached hydrogen (secondary N) is 1. The van der Waals surface area contributed by atoms with Crippen LogP contribution in [0.5, 0.6) is 0 Å². The number of hydrogen-bond acceptors (Lipinski definition) is 6. The number of aromatic nitrogens is 6. The first-order valence-corrected chi connectivity index (χ1v) is 9.15. The molecule has 0 aliphatic carbocycles. The molecule has 9 heteroatoms. The molecule has 0 aliphatic heterocycles. The quantitative estimate of drug-likeness (QED) is 0.490. The highest BCUT2D eigenvalue weighted by atomic mass is 19.2. The van der Waals surface area contributed by atoms with E-state index in [2.05, 4.69) is 30.1 Å². The van der Waals surface area contributed by atoms with Gasteiger partial charge in [0, 0.05) is 19.2 Å². The van der Waals surface area contributed by atoms with Crippen molar-refractivity contribution in [3.8, 4) is 11.3 Å². The Hall–Kier alpha value is -4.01. The van der Waals surface area contributed by atoms with E-state index in [1.807, 2.05) is 30.1 Å². The van der Waals surface area contributed by atoms with Crippen molar-refractivity contribution in [2.24, 2.45) is 0 Å². The number of nitrogens with zero attached hydrogens (tertiary/aromatic N) is 6. The van der Waals surface area contributed by atoms with E-state index in [0.717, 1.165) is 22.7 Å². The van der Waals surface area contributed by atoms with Crippen LogP contribution in [0.25, 0.3) is 33.3 Å². The molecule has 5 aromatic rings. The molecule has 7 nitrogen and oxygen atoms in total. The van der Waals surface area contributed by atoms with Gasteiger partial charge in [-0.25, -0.2) is 23.7 Å². The van der Waals surface area contributed by atoms with Gasteiger partial charge < -0.3 is 4.90 Å². The molecule has 3 heterocycles. The molecule has 30 heavy (non-hydrogen) atoms. The van der Waals surface area contributed by atoms with Crippen molar-refractivity contribution in [1.82, 2.24) is 30.1 Å². The number of rotatable bonds is 4. The largest absolute Gasteiger partial charge is 0.354 e. The fourth-order valence-electron chi connectivity index (χ4n) is 3.32. The second-order valence-electron chi connectivity index (χ2n) is 6.89. The van der Waals surface area contributed by atoms with Crippen LogP contribution in [0.15, 0.2) is 55.1 Å². The highest BCUT2D eigenvalue weighted by Crippen LogP contribution is 2.27. The summed E-state index contributed by atoms with van der Waals surface area (Å²) in [6.45, 7) is 0.370. The lowest BCUT2D eigenvalue weighted by Crippen LogP contribution is -2.18. The van der Waals surface area contributed by atoms with Gasteiger partial charge in [0.15, 0.2) is 17.3 Å². The predicted molar refractivity (Wildman–Crippen MR) is 109 cm³/mol. The third kappa shape index (κ3) is 3.20. The summed E-state index contributed by atoms with van der Waals surface area (Å²) >= 11 is 0. The summed E-state index contributed by atoms with van der Waals surface area (Å²) in [5, 5.41) is 7.68. The van der Waals surface area contributed by atoms with Crippen LogP contribution in [-0.2, 0) is 6.54 Å². The van der Waals surface area contributed by atoms with Crippen molar-refractivity contribution in [2.75, 3.05) is 11.9 Å². The summed E-state index contributed by atoms with van der Waals surface area (Å²) in [5.74, 6) is -1.10. The molecule has 148 valence electrons. The Morgan fingerprint density at radius 3 is 2.70 bits per heavy atom. The molecule has 0 saturated heterocycles. The van der Waals surface area contributed by atoms with Gasteiger partial charge in [0.05, 0.1) is 34.5 Å². The summed E-state index contributed by atoms with van der Waals surface area (Å²) in [5.41, 5.74) is 4.38. The molecule has 0 unspecified atom stereocenters. The summed E-state index contributed by atoms with van der Waals surface area (Å²) in [7, 11) is 1.82. The molecule has 0 aliphatic rings. The number of anilines is 1. The number of hydrogen-bond donors (Lipinski definition) is 1. The van der Waals surface area contributed by atoms with Gasteiger partial charge in [-0.05, 0) is 29.8 Å². The zero-order valence-corrected chi connectivity index (χ0v) is 15.8. The van der Waals surface area contributed by atoms with Gasteiger partial charge in [-0.15, -0.1) is 0 Å². The van der Waals surface area contributed by atoms with Crippen molar-refractivity contribution >= 4 is 27.9 Å². The third-order valence-electron chi connectivity index (χ3n) is 4.85. The van der Waals surface area contributed by atoms with Crippen molar-refractivity contribution in [3.63, 3.8) is 0 Å². The van der Waals surface area contributed by atoms with E-state index in [-0.39, 0.29) is 0 Å². The molecule has 0 amide bonds. The number of H-pyrrole nitrogens is 1. The third-order valence-corrected chi connectivity index (χ3v) is 4.85. The molecule has 0 fully saturated rings. The standard InChI is InChI=1S/C21H15F2N7/c1-30(10-12-2-4-15(22)16(23)6-12)19-9-24-18-7-13(3-5-17(18)28-19)20-14-8-27-29-21(14)26-11-25-20/h2-9,11H,10H2,1H3,(H,25,26,27,29). The second-order valence-corrected chi connectivity index (χ2v) is 6.89. The minimum Gasteiger partial charge on any atom is -0.354 e. The van der Waals surface area contributed by atoms with Crippen molar-refractivity contribution < 1.29 is 8.78 Å². The van der Waals surface area contributed by atoms with Crippen molar-refractivity contribution in [3.05, 3.63) is 72.3 Å². The predicted octanol–water partition coefficient (Wildman–Crippen LogP) is 3.88. The highest BCUT2D eigenvalue weighted by Gasteiger charge is 2.11. The average Bonchev–Trinajstić information content (AvgIpc) is 3.24. The Kier molecular flexibility index (Phi) is 4.27. The normalized spacial score (nSPS) is 11.3. The molecular formula is C21H15F2N7. The van der Waals surface area contributed by atoms with Crippen LogP contribution in [0.3, 0.4) is 0 Å². The maximum absolute atomic E-state index is 13.5. The molecular weight excluding hydrogens is 388 g/mol. The van der Waals surface area contributed by atoms with Crippen LogP contribution in [-0.4, -0.2) is 37.2 Å². The van der Waals surface area contributed by atoms with E-state index in [9.17, 15) is 8.78 Å². The van der Waals surface area contributed by atoms with Crippen LogP contribution in [0.1, 0.15) is 5.56 Å². The van der Waals surface area contributed by atoms with Crippen LogP contribution in [0.2, 0.25) is 0 Å². The van der Waals surface area contributed by atoms with E-state index in [4.69, 9.17) is 0 Å². The maximum Gasteiger partial charge on any atom is 0.159 e. The molecule has 0 atom stereocenters. The smallest absolute Gasteiger partial charge is 0.159 e. The monoisotopic (exact) mass is 403 g/mol. The molecule has 2 aromatic carbocycles. The first-order chi connectivity index (χ1) is 14.6. The fraction of sp³-hybridized carbons (Fsp3) is 0.0952. The molecule has 1 N–H and O–H groups in total. The molecule has 0 bridgehead atoms. The van der Waals surface area contributed by atoms with Gasteiger partial charge in [0.2, 0.25) is 0 Å². The molecule has 0 radical (unpaired) electrons. The van der Waals surface area contributed by atoms with Crippen LogP contribution < -0.4 is 4.90 Å². The Bertz CT molecular complexity index is 1380. The number of aromatic amines is 1. The van der Waals surface area contributed by atoms with Gasteiger partial charge in [0.25, 0.3) is 0 Å². The molecule has 5 rings (SSSR count). The molecule has 3 aromatic heterocycles. The Morgan fingerprint density at radius 2 is 1.83 bits per heavy atom. The van der Waals surface area contributed by atoms with Crippen molar-refractivity contribution in [2.45, 2.75) is 6.54 Å². The van der Waals surface area contributed by atoms with Crippen molar-refractivity contribution in [1.29, 1.82) is 0 Å². The lowest BCUT2D eigenvalue weighted by atomic mass is 10.1. The van der Waals surface area contributed by atoms with E-state index in [0.29, 0.717) is 34.6 Å². The van der Waals surface area contributed by atoms with Crippen LogP contribution >= 0.6 is 0 Å². The van der Waals surface area contributed by atoms with Gasteiger partial charge in [-0.2, -0.15) is 5.10 Å². The van der Waals surface area contributed by atoms with E-state index >= 15 is 0 Å². The Balaban J connectivity index is 1.45. The topological polar surface area (TPSA) is 83.5 Å². The lowest BCUT2D eigenvalue weighted by molar-refractivity contribution is 0.507. The zero-order chi connectivity index (χ0) is 20.7. The molecule has 0 spiro atoms. The minimum absolute atomic E-state index is 0.370. The Labute approximate surface area is 169 Å². The Morgan fingerprint density at radius 1 is 0.933 bits per heavy atom. The number of halogens is 2. The van der Waals surface area contributed by atoms with Crippen LogP contribution in [0.4, 0.5) is 14.6 Å². The lowest BCUT2D eigenvalue weighted by Gasteiger charge is -2.18. The van der Waals surface area contributed by atoms with Gasteiger partial charge in [-0.1, -0.05) is 12.1 Å². The maximum atomic E-state index is 13.5. The summed E-state index contributed by atoms with van der Waals surface area (Å²) in [4.78, 5) is 19.5. The summed E-state index contributed by atoms with van der Waals surface area (Å²) < 4.78 is 26.6. The highest BCUT2D eigenvalue weighted by molar-refractivity contribution is 5.92. The molecule has 0 saturated carbocycles. The van der Waals surface area contributed by atoms with E-state index in [1.54, 1.807) is 18.5 Å². The fourth-order valence-corrected chi connectivity index (χ4v) is 3.32. The number of fused-ring (bicyclic) bond motifs is 2. The van der Waals surface area contributed by atoms with Gasteiger partial charge in [0.1, 0.15) is 12.1 Å². The van der Waals surface area contributed by atoms with Gasteiger partial charge >= 0.3 is 0 Å². The zero-order valence-electron chi connectivity index (χ0n) is 15.8. The van der Waals surface area contributed by atoms with E-state index < -0.39 is 11.6 Å². The first-order valence-electron chi connectivity index (χ1n) is 9.15. The first kappa shape index (κ1) is 18.0. The second kappa shape index (κ2) is 7.11. The summed E-state index contributed by atoms with van der Waals surface area (Å²) in [6, 6.07) is 9.57. The average molecular weight is 403 g/mol. The number of benzene rings is 2. The summed E-state index contributed by atoms with van der Waals surface area (Å²) in [6.07, 6.45) is 4.83. The van der Waals surface area contributed by atoms with E-state index in [1.165, 1.54) is 12.4 Å². The SMILES string of the molecule is CN(Cc1ccc(F)c(F)c1)c1cnc2cc(-c3ncnc4[nH]ncc34)ccc2n1.